The molecule has 0 aliphatic rings. The van der Waals surface area contributed by atoms with Crippen molar-refractivity contribution in [2.45, 2.75) is 59.0 Å². The lowest BCUT2D eigenvalue weighted by Gasteiger charge is -2.33. The molecule has 0 rings (SSSR count). The van der Waals surface area contributed by atoms with Gasteiger partial charge in [-0.1, -0.05) is 44.0 Å². The lowest BCUT2D eigenvalue weighted by atomic mass is 10.2. The Balaban J connectivity index is 4.24. The molecule has 0 aromatic carbocycles. The van der Waals surface area contributed by atoms with E-state index in [-0.39, 0.29) is 0 Å². The van der Waals surface area contributed by atoms with E-state index in [1.165, 1.54) is 25.7 Å². The summed E-state index contributed by atoms with van der Waals surface area (Å²) >= 11 is 0. The number of unbranched alkanes of at least 4 members (excludes halogenated alkanes) is 4. The predicted octanol–water partition coefficient (Wildman–Crippen LogP) is 4.62. The molecular weight excluding hydrogens is 284 g/mol. The van der Waals surface area contributed by atoms with Crippen LogP contribution in [-0.4, -0.2) is 30.3 Å². The third kappa shape index (κ3) is 8.16. The van der Waals surface area contributed by atoms with E-state index in [0.717, 1.165) is 13.0 Å². The third-order valence-corrected chi connectivity index (χ3v) is 9.58. The monoisotopic (exact) mass is 316 g/mol. The molecule has 0 saturated heterocycles. The highest BCUT2D eigenvalue weighted by molar-refractivity contribution is 6.84. The van der Waals surface area contributed by atoms with Crippen molar-refractivity contribution in [2.75, 3.05) is 13.2 Å². The summed E-state index contributed by atoms with van der Waals surface area (Å²) in [5.41, 5.74) is 3.66. The van der Waals surface area contributed by atoms with Gasteiger partial charge in [-0.05, 0) is 26.4 Å². The van der Waals surface area contributed by atoms with Crippen molar-refractivity contribution < 1.29 is 13.0 Å². The van der Waals surface area contributed by atoms with E-state index < -0.39 is 17.1 Å². The maximum atomic E-state index is 6.19. The van der Waals surface area contributed by atoms with E-state index in [1.807, 2.05) is 31.4 Å². The Labute approximate surface area is 127 Å². The van der Waals surface area contributed by atoms with Crippen LogP contribution in [0.5, 0.6) is 0 Å². The van der Waals surface area contributed by atoms with Crippen molar-refractivity contribution >= 4 is 17.1 Å². The zero-order valence-corrected chi connectivity index (χ0v) is 15.7. The molecule has 0 aromatic rings. The van der Waals surface area contributed by atoms with Gasteiger partial charge < -0.3 is 13.0 Å². The molecule has 0 amide bonds. The predicted molar refractivity (Wildman–Crippen MR) is 91.1 cm³/mol. The molecule has 2 atom stereocenters. The fraction of sp³-hybridized carbons (Fsp3) is 0.733. The van der Waals surface area contributed by atoms with E-state index in [2.05, 4.69) is 20.1 Å². The molecular formula is C15H32O3Si2. The second kappa shape index (κ2) is 10.5. The maximum absolute atomic E-state index is 6.19. The minimum Gasteiger partial charge on any atom is -0.409 e. The smallest absolute Gasteiger partial charge is 0.352 e. The minimum absolute atomic E-state index is 0.632. The summed E-state index contributed by atoms with van der Waals surface area (Å²) in [6.45, 7) is 17.3. The Bertz CT molecular complexity index is 286. The van der Waals surface area contributed by atoms with Crippen LogP contribution in [0, 0.1) is 0 Å². The maximum Gasteiger partial charge on any atom is 0.352 e. The molecule has 3 nitrogen and oxygen atoms in total. The Hall–Kier alpha value is -0.206. The van der Waals surface area contributed by atoms with E-state index in [0.29, 0.717) is 6.61 Å². The van der Waals surface area contributed by atoms with E-state index >= 15 is 0 Å². The molecule has 0 aromatic heterocycles. The summed E-state index contributed by atoms with van der Waals surface area (Å²) in [6, 6.07) is 0. The largest absolute Gasteiger partial charge is 0.409 e. The van der Waals surface area contributed by atoms with Gasteiger partial charge in [0.2, 0.25) is 0 Å². The third-order valence-electron chi connectivity index (χ3n) is 3.21. The van der Waals surface area contributed by atoms with Gasteiger partial charge in [0.15, 0.2) is 0 Å². The fourth-order valence-corrected chi connectivity index (χ4v) is 7.65. The molecule has 118 valence electrons. The van der Waals surface area contributed by atoms with E-state index in [4.69, 9.17) is 13.0 Å². The highest BCUT2D eigenvalue weighted by Crippen LogP contribution is 2.19. The first-order valence-corrected chi connectivity index (χ1v) is 12.5. The van der Waals surface area contributed by atoms with Gasteiger partial charge in [0.1, 0.15) is 0 Å². The van der Waals surface area contributed by atoms with Gasteiger partial charge in [-0.3, -0.25) is 0 Å². The van der Waals surface area contributed by atoms with E-state index in [1.54, 1.807) is 0 Å². The quantitative estimate of drug-likeness (QED) is 0.366. The molecule has 0 heterocycles. The summed E-state index contributed by atoms with van der Waals surface area (Å²) in [7, 11) is -4.69. The van der Waals surface area contributed by atoms with Gasteiger partial charge >= 0.3 is 17.1 Å². The van der Waals surface area contributed by atoms with Gasteiger partial charge in [-0.25, -0.2) is 0 Å². The van der Waals surface area contributed by atoms with Crippen molar-refractivity contribution in [2.24, 2.45) is 0 Å². The van der Waals surface area contributed by atoms with Crippen LogP contribution >= 0.6 is 0 Å². The average Bonchev–Trinajstić information content (AvgIpc) is 2.43. The second-order valence-corrected chi connectivity index (χ2v) is 11.5. The van der Waals surface area contributed by atoms with Crippen molar-refractivity contribution in [1.82, 2.24) is 0 Å². The van der Waals surface area contributed by atoms with Gasteiger partial charge in [0.25, 0.3) is 0 Å². The van der Waals surface area contributed by atoms with Crippen LogP contribution in [0.3, 0.4) is 0 Å². The van der Waals surface area contributed by atoms with Crippen LogP contribution < -0.4 is 0 Å². The van der Waals surface area contributed by atoms with E-state index in [9.17, 15) is 0 Å². The van der Waals surface area contributed by atoms with Gasteiger partial charge in [-0.2, -0.15) is 0 Å². The highest BCUT2D eigenvalue weighted by atomic mass is 28.5. The molecule has 0 aliphatic heterocycles. The summed E-state index contributed by atoms with van der Waals surface area (Å²) in [4.78, 5) is 0. The van der Waals surface area contributed by atoms with Crippen LogP contribution in [-0.2, 0) is 13.0 Å². The number of hydrogen-bond donors (Lipinski definition) is 0. The zero-order chi connectivity index (χ0) is 15.5. The van der Waals surface area contributed by atoms with Crippen molar-refractivity contribution in [3.8, 4) is 0 Å². The summed E-state index contributed by atoms with van der Waals surface area (Å²) in [5, 5.41) is 0. The molecule has 0 N–H and O–H groups in total. The second-order valence-electron chi connectivity index (χ2n) is 5.24. The lowest BCUT2D eigenvalue weighted by Crippen LogP contribution is -2.50. The molecule has 5 heteroatoms. The summed E-state index contributed by atoms with van der Waals surface area (Å²) in [6.07, 6.45) is 6.15. The topological polar surface area (TPSA) is 27.7 Å². The Kier molecular flexibility index (Phi) is 10.4. The average molecular weight is 317 g/mol. The molecule has 0 fully saturated rings. The van der Waals surface area contributed by atoms with Crippen molar-refractivity contribution in [3.63, 3.8) is 0 Å². The molecule has 0 radical (unpaired) electrons. The SMILES string of the molecule is C=C[Si](C)(OCC)O[Si](C)(C=C)OCCCCCCC. The fourth-order valence-electron chi connectivity index (χ4n) is 1.93. The van der Waals surface area contributed by atoms with Crippen LogP contribution in [0.1, 0.15) is 46.0 Å². The Morgan fingerprint density at radius 1 is 0.850 bits per heavy atom. The molecule has 2 unspecified atom stereocenters. The molecule has 0 aliphatic carbocycles. The first-order valence-electron chi connectivity index (χ1n) is 7.70. The first-order chi connectivity index (χ1) is 9.45. The Morgan fingerprint density at radius 2 is 1.40 bits per heavy atom. The summed E-state index contributed by atoms with van der Waals surface area (Å²) in [5.74, 6) is 0. The molecule has 0 bridgehead atoms. The minimum atomic E-state index is -2.36. The molecule has 0 saturated carbocycles. The van der Waals surface area contributed by atoms with Crippen LogP contribution in [0.25, 0.3) is 0 Å². The highest BCUT2D eigenvalue weighted by Gasteiger charge is 2.39. The zero-order valence-electron chi connectivity index (χ0n) is 13.7. The summed E-state index contributed by atoms with van der Waals surface area (Å²) < 4.78 is 17.9. The van der Waals surface area contributed by atoms with Gasteiger partial charge in [-0.15, -0.1) is 13.2 Å². The van der Waals surface area contributed by atoms with Crippen molar-refractivity contribution in [3.05, 3.63) is 24.6 Å². The van der Waals surface area contributed by atoms with Crippen molar-refractivity contribution in [1.29, 1.82) is 0 Å². The van der Waals surface area contributed by atoms with Gasteiger partial charge in [0, 0.05) is 13.2 Å². The Morgan fingerprint density at radius 3 is 1.90 bits per heavy atom. The first kappa shape index (κ1) is 19.8. The number of hydrogen-bond acceptors (Lipinski definition) is 3. The van der Waals surface area contributed by atoms with Crippen LogP contribution in [0.15, 0.2) is 24.6 Å². The lowest BCUT2D eigenvalue weighted by molar-refractivity contribution is 0.205. The van der Waals surface area contributed by atoms with Crippen LogP contribution in [0.2, 0.25) is 13.1 Å². The normalized spacial score (nSPS) is 17.2. The molecule has 20 heavy (non-hydrogen) atoms. The van der Waals surface area contributed by atoms with Gasteiger partial charge in [0.05, 0.1) is 0 Å². The number of rotatable bonds is 13. The van der Waals surface area contributed by atoms with Crippen LogP contribution in [0.4, 0.5) is 0 Å². The standard InChI is InChI=1S/C15H32O3Si2/c1-7-11-12-13-14-15-17-20(6,10-4)18-19(5,9-3)16-8-2/h9-10H,3-4,7-8,11-15H2,1-2,5-6H3. The molecule has 0 spiro atoms.